The molecule has 0 saturated heterocycles. The van der Waals surface area contributed by atoms with Crippen molar-refractivity contribution in [2.75, 3.05) is 30.5 Å². The van der Waals surface area contributed by atoms with Crippen molar-refractivity contribution < 1.29 is 36.9 Å². The first-order valence-electron chi connectivity index (χ1n) is 12.9. The van der Waals surface area contributed by atoms with Crippen molar-refractivity contribution in [3.8, 4) is 11.5 Å². The summed E-state index contributed by atoms with van der Waals surface area (Å²) in [5.41, 5.74) is 2.44. The third-order valence-electron chi connectivity index (χ3n) is 6.70. The normalized spacial score (nSPS) is 17.9. The predicted octanol–water partition coefficient (Wildman–Crippen LogP) is 8.75. The first kappa shape index (κ1) is 30.9. The summed E-state index contributed by atoms with van der Waals surface area (Å²) in [5, 5.41) is 19.6. The summed E-state index contributed by atoms with van der Waals surface area (Å²) in [4.78, 5) is 1.12. The highest BCUT2D eigenvalue weighted by molar-refractivity contribution is 7.99. The number of ether oxygens (including phenoxy) is 1. The number of phenolic OH excluding ortho intramolecular Hbond substituents is 2. The van der Waals surface area contributed by atoms with Crippen LogP contribution in [0.4, 0.5) is 22.0 Å². The highest BCUT2D eigenvalue weighted by Crippen LogP contribution is 2.49. The van der Waals surface area contributed by atoms with Crippen molar-refractivity contribution in [1.29, 1.82) is 0 Å². The zero-order valence-corrected chi connectivity index (χ0v) is 22.8. The first-order valence-corrected chi connectivity index (χ1v) is 15.1. The SMILES string of the molecule is Oc1ccc(C2CSc3cc(O)ccc3[C@H]2CCCCOCCCCSCCCC(F)(F)C(F)(F)F)cc1. The summed E-state index contributed by atoms with van der Waals surface area (Å²) in [6.45, 7) is 1.25. The van der Waals surface area contributed by atoms with Gasteiger partial charge in [-0.25, -0.2) is 0 Å². The molecule has 0 fully saturated rings. The average Bonchev–Trinajstić information content (AvgIpc) is 2.86. The zero-order chi connectivity index (χ0) is 27.6. The minimum absolute atomic E-state index is 0.160. The number of alkyl halides is 5. The number of phenols is 2. The van der Waals surface area contributed by atoms with Crippen LogP contribution in [0.3, 0.4) is 0 Å². The standard InChI is InChI=1S/C28H35F5O3S2/c29-27(30,28(31,32)33)13-5-17-37-16-4-3-15-36-14-2-1-6-23-24-12-11-22(35)18-26(24)38-19-25(23)20-7-9-21(34)10-8-20/h7-12,18,23,25,34-35H,1-6,13-17,19H2/t23-,25?/m1/s1. The monoisotopic (exact) mass is 578 g/mol. The smallest absolute Gasteiger partial charge is 0.453 e. The van der Waals surface area contributed by atoms with Crippen LogP contribution >= 0.6 is 23.5 Å². The third kappa shape index (κ3) is 9.23. The lowest BCUT2D eigenvalue weighted by Gasteiger charge is -2.34. The van der Waals surface area contributed by atoms with E-state index in [9.17, 15) is 32.2 Å². The van der Waals surface area contributed by atoms with Crippen LogP contribution < -0.4 is 0 Å². The van der Waals surface area contributed by atoms with Gasteiger partial charge in [-0.15, -0.1) is 11.8 Å². The predicted molar refractivity (Wildman–Crippen MR) is 144 cm³/mol. The second-order valence-electron chi connectivity index (χ2n) is 9.57. The summed E-state index contributed by atoms with van der Waals surface area (Å²) < 4.78 is 67.9. The molecule has 0 amide bonds. The van der Waals surface area contributed by atoms with Crippen molar-refractivity contribution in [2.24, 2.45) is 0 Å². The maximum atomic E-state index is 12.9. The lowest BCUT2D eigenvalue weighted by atomic mass is 9.79. The molecule has 2 atom stereocenters. The van der Waals surface area contributed by atoms with Crippen LogP contribution in [0.1, 0.15) is 67.9 Å². The van der Waals surface area contributed by atoms with Gasteiger partial charge in [-0.1, -0.05) is 24.6 Å². The van der Waals surface area contributed by atoms with Crippen LogP contribution in [0.5, 0.6) is 11.5 Å². The fraction of sp³-hybridized carbons (Fsp3) is 0.571. The van der Waals surface area contributed by atoms with Crippen molar-refractivity contribution >= 4 is 23.5 Å². The number of hydrogen-bond acceptors (Lipinski definition) is 5. The van der Waals surface area contributed by atoms with E-state index in [1.165, 1.54) is 22.9 Å². The summed E-state index contributed by atoms with van der Waals surface area (Å²) >= 11 is 3.15. The largest absolute Gasteiger partial charge is 0.508 e. The number of halogens is 5. The fourth-order valence-electron chi connectivity index (χ4n) is 4.59. The van der Waals surface area contributed by atoms with E-state index < -0.39 is 18.5 Å². The second kappa shape index (κ2) is 14.7. The van der Waals surface area contributed by atoms with Gasteiger partial charge in [-0.3, -0.25) is 0 Å². The quantitative estimate of drug-likeness (QED) is 0.163. The van der Waals surface area contributed by atoms with E-state index >= 15 is 0 Å². The topological polar surface area (TPSA) is 49.7 Å². The minimum atomic E-state index is -5.46. The van der Waals surface area contributed by atoms with Crippen molar-refractivity contribution in [1.82, 2.24) is 0 Å². The Balaban J connectivity index is 1.31. The first-order chi connectivity index (χ1) is 18.1. The number of hydrogen-bond donors (Lipinski definition) is 2. The zero-order valence-electron chi connectivity index (χ0n) is 21.2. The Morgan fingerprint density at radius 1 is 0.842 bits per heavy atom. The molecule has 3 nitrogen and oxygen atoms in total. The van der Waals surface area contributed by atoms with Gasteiger partial charge < -0.3 is 14.9 Å². The van der Waals surface area contributed by atoms with E-state index in [-0.39, 0.29) is 17.9 Å². The lowest BCUT2D eigenvalue weighted by molar-refractivity contribution is -0.284. The van der Waals surface area contributed by atoms with Gasteiger partial charge in [0.25, 0.3) is 0 Å². The molecule has 10 heteroatoms. The molecule has 0 bridgehead atoms. The molecule has 0 aliphatic carbocycles. The molecule has 2 aromatic rings. The van der Waals surface area contributed by atoms with Crippen LogP contribution in [0.25, 0.3) is 0 Å². The number of aromatic hydroxyl groups is 2. The van der Waals surface area contributed by atoms with Crippen LogP contribution in [0.15, 0.2) is 47.4 Å². The van der Waals surface area contributed by atoms with Gasteiger partial charge in [0.05, 0.1) is 0 Å². The summed E-state index contributed by atoms with van der Waals surface area (Å²) in [5.74, 6) is -1.54. The molecule has 38 heavy (non-hydrogen) atoms. The average molecular weight is 579 g/mol. The molecule has 2 N–H and O–H groups in total. The molecule has 0 aromatic heterocycles. The summed E-state index contributed by atoms with van der Waals surface area (Å²) in [6.07, 6.45) is -2.24. The summed E-state index contributed by atoms with van der Waals surface area (Å²) in [6, 6.07) is 13.0. The van der Waals surface area contributed by atoms with E-state index in [1.54, 1.807) is 30.0 Å². The molecule has 1 aliphatic rings. The van der Waals surface area contributed by atoms with Crippen LogP contribution in [0, 0.1) is 0 Å². The molecule has 3 rings (SSSR count). The molecule has 2 aromatic carbocycles. The van der Waals surface area contributed by atoms with Gasteiger partial charge in [-0.2, -0.15) is 33.7 Å². The molecule has 0 radical (unpaired) electrons. The van der Waals surface area contributed by atoms with Crippen LogP contribution in [-0.2, 0) is 4.74 Å². The van der Waals surface area contributed by atoms with Gasteiger partial charge in [0.1, 0.15) is 11.5 Å². The maximum Gasteiger partial charge on any atom is 0.453 e. The Labute approximate surface area is 229 Å². The van der Waals surface area contributed by atoms with E-state index in [0.29, 0.717) is 36.6 Å². The molecular formula is C28H35F5O3S2. The Morgan fingerprint density at radius 2 is 1.50 bits per heavy atom. The van der Waals surface area contributed by atoms with Crippen molar-refractivity contribution in [2.45, 2.75) is 73.8 Å². The highest BCUT2D eigenvalue weighted by Gasteiger charge is 2.56. The molecule has 212 valence electrons. The lowest BCUT2D eigenvalue weighted by Crippen LogP contribution is -2.36. The number of thioether (sulfide) groups is 2. The number of fused-ring (bicyclic) bond motifs is 1. The van der Waals surface area contributed by atoms with E-state index in [4.69, 9.17) is 4.74 Å². The van der Waals surface area contributed by atoms with Crippen LogP contribution in [-0.4, -0.2) is 52.8 Å². The summed E-state index contributed by atoms with van der Waals surface area (Å²) in [7, 11) is 0. The minimum Gasteiger partial charge on any atom is -0.508 e. The fourth-order valence-corrected chi connectivity index (χ4v) is 6.93. The van der Waals surface area contributed by atoms with Gasteiger partial charge in [0.15, 0.2) is 0 Å². The molecule has 1 aliphatic heterocycles. The molecule has 1 heterocycles. The van der Waals surface area contributed by atoms with E-state index in [1.807, 2.05) is 24.3 Å². The highest BCUT2D eigenvalue weighted by atomic mass is 32.2. The van der Waals surface area contributed by atoms with Crippen molar-refractivity contribution in [3.63, 3.8) is 0 Å². The Hall–Kier alpha value is -1.65. The third-order valence-corrected chi connectivity index (χ3v) is 9.04. The molecular weight excluding hydrogens is 543 g/mol. The van der Waals surface area contributed by atoms with E-state index in [0.717, 1.165) is 42.8 Å². The Bertz CT molecular complexity index is 985. The maximum absolute atomic E-state index is 12.9. The number of benzene rings is 2. The molecule has 0 saturated carbocycles. The van der Waals surface area contributed by atoms with Crippen molar-refractivity contribution in [3.05, 3.63) is 53.6 Å². The van der Waals surface area contributed by atoms with Gasteiger partial charge >= 0.3 is 12.1 Å². The Morgan fingerprint density at radius 3 is 2.21 bits per heavy atom. The number of unbranched alkanes of at least 4 members (excludes halogenated alkanes) is 2. The van der Waals surface area contributed by atoms with Gasteiger partial charge in [0, 0.05) is 36.2 Å². The molecule has 1 unspecified atom stereocenters. The second-order valence-corrected chi connectivity index (χ2v) is 11.9. The Kier molecular flexibility index (Phi) is 11.9. The van der Waals surface area contributed by atoms with Crippen LogP contribution in [0.2, 0.25) is 0 Å². The van der Waals surface area contributed by atoms with Gasteiger partial charge in [0.2, 0.25) is 0 Å². The molecule has 0 spiro atoms. The number of rotatable bonds is 15. The van der Waals surface area contributed by atoms with E-state index in [2.05, 4.69) is 0 Å². The van der Waals surface area contributed by atoms with Gasteiger partial charge in [-0.05, 0) is 84.9 Å².